The summed E-state index contributed by atoms with van der Waals surface area (Å²) in [7, 11) is 3.34. The maximum absolute atomic E-state index is 13.1. The molecule has 0 radical (unpaired) electrons. The Morgan fingerprint density at radius 1 is 1.29 bits per heavy atom. The van der Waals surface area contributed by atoms with Crippen LogP contribution in [0.5, 0.6) is 0 Å². The zero-order valence-electron chi connectivity index (χ0n) is 16.6. The molecule has 0 saturated carbocycles. The highest BCUT2D eigenvalue weighted by Crippen LogP contribution is 2.27. The molecule has 1 N–H and O–H groups in total. The van der Waals surface area contributed by atoms with Gasteiger partial charge in [-0.15, -0.1) is 0 Å². The molecule has 0 spiro atoms. The van der Waals surface area contributed by atoms with Crippen molar-refractivity contribution < 1.29 is 18.5 Å². The third-order valence-electron chi connectivity index (χ3n) is 4.39. The molecule has 0 aliphatic rings. The molecular weight excluding hydrogens is 360 g/mol. The summed E-state index contributed by atoms with van der Waals surface area (Å²) in [6.07, 6.45) is 2.06. The average molecular weight is 384 g/mol. The van der Waals surface area contributed by atoms with Gasteiger partial charge in [0.15, 0.2) is 5.76 Å². The first kappa shape index (κ1) is 19.6. The molecule has 3 heterocycles. The van der Waals surface area contributed by atoms with Crippen LogP contribution in [0.3, 0.4) is 0 Å². The Labute approximate surface area is 162 Å². The number of aryl methyl sites for hydroxylation is 1. The predicted molar refractivity (Wildman–Crippen MR) is 104 cm³/mol. The van der Waals surface area contributed by atoms with Gasteiger partial charge in [-0.25, -0.2) is 4.98 Å². The van der Waals surface area contributed by atoms with E-state index in [0.29, 0.717) is 34.5 Å². The molecule has 148 valence electrons. The maximum Gasteiger partial charge on any atom is 0.259 e. The van der Waals surface area contributed by atoms with E-state index < -0.39 is 6.04 Å². The van der Waals surface area contributed by atoms with Gasteiger partial charge < -0.3 is 19.2 Å². The molecule has 3 aromatic rings. The molecule has 1 atom stereocenters. The van der Waals surface area contributed by atoms with Crippen molar-refractivity contribution in [3.8, 4) is 11.5 Å². The molecule has 0 aromatic carbocycles. The van der Waals surface area contributed by atoms with E-state index in [9.17, 15) is 9.59 Å². The zero-order chi connectivity index (χ0) is 20.4. The van der Waals surface area contributed by atoms with Gasteiger partial charge in [-0.1, -0.05) is 19.0 Å². The predicted octanol–water partition coefficient (Wildman–Crippen LogP) is 3.02. The molecule has 2 amide bonds. The molecule has 0 saturated heterocycles. The molecule has 0 aliphatic heterocycles. The highest BCUT2D eigenvalue weighted by Gasteiger charge is 2.26. The molecule has 0 aliphatic carbocycles. The largest absolute Gasteiger partial charge is 0.463 e. The van der Waals surface area contributed by atoms with Gasteiger partial charge in [-0.05, 0) is 37.5 Å². The Morgan fingerprint density at radius 3 is 2.64 bits per heavy atom. The van der Waals surface area contributed by atoms with Crippen molar-refractivity contribution in [1.29, 1.82) is 0 Å². The van der Waals surface area contributed by atoms with Crippen LogP contribution < -0.4 is 5.32 Å². The molecular formula is C20H24N4O4. The summed E-state index contributed by atoms with van der Waals surface area (Å²) < 4.78 is 10.7. The quantitative estimate of drug-likeness (QED) is 0.701. The SMILES string of the molecule is Cc1noc2nc(-c3ccco3)cc(C(=O)N[C@H](CC(C)C)C(=O)N(C)C)c12. The number of likely N-dealkylation sites (N-methyl/N-ethyl adjacent to an activating group) is 1. The lowest BCUT2D eigenvalue weighted by atomic mass is 10.0. The van der Waals surface area contributed by atoms with E-state index in [1.165, 1.54) is 11.2 Å². The van der Waals surface area contributed by atoms with Crippen molar-refractivity contribution >= 4 is 22.9 Å². The first-order valence-corrected chi connectivity index (χ1v) is 9.10. The number of furan rings is 1. The van der Waals surface area contributed by atoms with Crippen LogP contribution >= 0.6 is 0 Å². The number of carbonyl (C=O) groups excluding carboxylic acids is 2. The third-order valence-corrected chi connectivity index (χ3v) is 4.39. The van der Waals surface area contributed by atoms with Crippen LogP contribution in [-0.4, -0.2) is 47.0 Å². The molecule has 3 aromatic heterocycles. The third kappa shape index (κ3) is 3.90. The van der Waals surface area contributed by atoms with Gasteiger partial charge >= 0.3 is 0 Å². The zero-order valence-corrected chi connectivity index (χ0v) is 16.6. The monoisotopic (exact) mass is 384 g/mol. The molecule has 0 fully saturated rings. The van der Waals surface area contributed by atoms with E-state index in [0.717, 1.165) is 0 Å². The van der Waals surface area contributed by atoms with Crippen LogP contribution in [0.25, 0.3) is 22.6 Å². The summed E-state index contributed by atoms with van der Waals surface area (Å²) in [6.45, 7) is 5.76. The number of amides is 2. The van der Waals surface area contributed by atoms with Gasteiger partial charge in [-0.3, -0.25) is 9.59 Å². The van der Waals surface area contributed by atoms with Gasteiger partial charge in [0.2, 0.25) is 5.91 Å². The number of carbonyl (C=O) groups is 2. The van der Waals surface area contributed by atoms with E-state index in [2.05, 4.69) is 15.5 Å². The number of nitrogens with one attached hydrogen (secondary N) is 1. The molecule has 8 nitrogen and oxygen atoms in total. The number of hydrogen-bond acceptors (Lipinski definition) is 6. The summed E-state index contributed by atoms with van der Waals surface area (Å²) in [5, 5.41) is 7.32. The average Bonchev–Trinajstić information content (AvgIpc) is 3.29. The van der Waals surface area contributed by atoms with Crippen molar-refractivity contribution in [3.05, 3.63) is 35.7 Å². The van der Waals surface area contributed by atoms with E-state index in [1.807, 2.05) is 13.8 Å². The topological polar surface area (TPSA) is 101 Å². The summed E-state index contributed by atoms with van der Waals surface area (Å²) in [5.74, 6) is 0.212. The fourth-order valence-electron chi connectivity index (χ4n) is 3.06. The first-order chi connectivity index (χ1) is 13.3. The Balaban J connectivity index is 2.02. The fraction of sp³-hybridized carbons (Fsp3) is 0.400. The summed E-state index contributed by atoms with van der Waals surface area (Å²) in [6, 6.07) is 4.49. The van der Waals surface area contributed by atoms with Crippen LogP contribution in [0.15, 0.2) is 33.4 Å². The van der Waals surface area contributed by atoms with Gasteiger partial charge in [0.1, 0.15) is 11.7 Å². The van der Waals surface area contributed by atoms with E-state index >= 15 is 0 Å². The van der Waals surface area contributed by atoms with Crippen LogP contribution in [0.1, 0.15) is 36.3 Å². The molecule has 0 bridgehead atoms. The minimum Gasteiger partial charge on any atom is -0.463 e. The number of rotatable bonds is 6. The fourth-order valence-corrected chi connectivity index (χ4v) is 3.06. The van der Waals surface area contributed by atoms with Gasteiger partial charge in [0, 0.05) is 14.1 Å². The minimum atomic E-state index is -0.627. The lowest BCUT2D eigenvalue weighted by Crippen LogP contribution is -2.47. The second-order valence-electron chi connectivity index (χ2n) is 7.37. The van der Waals surface area contributed by atoms with Crippen LogP contribution in [0.2, 0.25) is 0 Å². The van der Waals surface area contributed by atoms with Crippen molar-refractivity contribution in [2.75, 3.05) is 14.1 Å². The Morgan fingerprint density at radius 2 is 2.04 bits per heavy atom. The van der Waals surface area contributed by atoms with Gasteiger partial charge in [0.25, 0.3) is 11.6 Å². The Hall–Kier alpha value is -3.16. The smallest absolute Gasteiger partial charge is 0.259 e. The van der Waals surface area contributed by atoms with E-state index in [4.69, 9.17) is 8.94 Å². The number of aromatic nitrogens is 2. The van der Waals surface area contributed by atoms with E-state index in [-0.39, 0.29) is 23.4 Å². The van der Waals surface area contributed by atoms with Crippen molar-refractivity contribution in [2.24, 2.45) is 5.92 Å². The number of nitrogens with zero attached hydrogens (tertiary/aromatic N) is 3. The van der Waals surface area contributed by atoms with Crippen LogP contribution in [0, 0.1) is 12.8 Å². The summed E-state index contributed by atoms with van der Waals surface area (Å²) in [5.41, 5.74) is 1.60. The molecule has 3 rings (SSSR count). The van der Waals surface area contributed by atoms with Crippen molar-refractivity contribution in [2.45, 2.75) is 33.2 Å². The highest BCUT2D eigenvalue weighted by molar-refractivity contribution is 6.08. The second-order valence-corrected chi connectivity index (χ2v) is 7.37. The maximum atomic E-state index is 13.1. The van der Waals surface area contributed by atoms with Crippen molar-refractivity contribution in [3.63, 3.8) is 0 Å². The van der Waals surface area contributed by atoms with Crippen LogP contribution in [-0.2, 0) is 4.79 Å². The van der Waals surface area contributed by atoms with Gasteiger partial charge in [-0.2, -0.15) is 0 Å². The van der Waals surface area contributed by atoms with Crippen LogP contribution in [0.4, 0.5) is 0 Å². The standard InChI is InChI=1S/C20H24N4O4/c1-11(2)9-15(20(26)24(4)5)21-18(25)13-10-14(16-7-6-8-27-16)22-19-17(13)12(3)23-28-19/h6-8,10-11,15H,9H2,1-5H3,(H,21,25)/t15-/m1/s1. The Bertz CT molecular complexity index is 989. The summed E-state index contributed by atoms with van der Waals surface area (Å²) in [4.78, 5) is 31.5. The van der Waals surface area contributed by atoms with Gasteiger partial charge in [0.05, 0.1) is 22.9 Å². The molecule has 0 unspecified atom stereocenters. The number of pyridine rings is 1. The van der Waals surface area contributed by atoms with Crippen molar-refractivity contribution in [1.82, 2.24) is 20.4 Å². The Kier molecular flexibility index (Phi) is 5.48. The number of fused-ring (bicyclic) bond motifs is 1. The van der Waals surface area contributed by atoms with E-state index in [1.54, 1.807) is 39.2 Å². The lowest BCUT2D eigenvalue weighted by molar-refractivity contribution is -0.131. The summed E-state index contributed by atoms with van der Waals surface area (Å²) >= 11 is 0. The normalized spacial score (nSPS) is 12.4. The highest BCUT2D eigenvalue weighted by atomic mass is 16.5. The second kappa shape index (κ2) is 7.84. The number of hydrogen-bond donors (Lipinski definition) is 1. The first-order valence-electron chi connectivity index (χ1n) is 9.10. The minimum absolute atomic E-state index is 0.152. The lowest BCUT2D eigenvalue weighted by Gasteiger charge is -2.23. The molecule has 8 heteroatoms. The molecule has 28 heavy (non-hydrogen) atoms.